The molecule has 0 aromatic carbocycles. The van der Waals surface area contributed by atoms with Crippen molar-refractivity contribution >= 4 is 29.0 Å². The SMILES string of the molecule is C=C(Cl)CNc1ccc(Cl)nn1. The Kier molecular flexibility index (Phi) is 3.31. The standard InChI is InChI=1S/C7H7Cl2N3/c1-5(8)4-10-7-3-2-6(9)11-12-7/h2-3H,1,4H2,(H,10,12). The summed E-state index contributed by atoms with van der Waals surface area (Å²) < 4.78 is 0. The van der Waals surface area contributed by atoms with Gasteiger partial charge in [-0.15, -0.1) is 10.2 Å². The van der Waals surface area contributed by atoms with Gasteiger partial charge in [0.25, 0.3) is 0 Å². The van der Waals surface area contributed by atoms with Gasteiger partial charge in [-0.3, -0.25) is 0 Å². The van der Waals surface area contributed by atoms with Gasteiger partial charge < -0.3 is 5.32 Å². The van der Waals surface area contributed by atoms with E-state index in [1.54, 1.807) is 12.1 Å². The van der Waals surface area contributed by atoms with Gasteiger partial charge in [-0.25, -0.2) is 0 Å². The van der Waals surface area contributed by atoms with Crippen molar-refractivity contribution < 1.29 is 0 Å². The van der Waals surface area contributed by atoms with Gasteiger partial charge in [0, 0.05) is 5.03 Å². The Morgan fingerprint density at radius 1 is 1.50 bits per heavy atom. The highest BCUT2D eigenvalue weighted by atomic mass is 35.5. The topological polar surface area (TPSA) is 37.8 Å². The van der Waals surface area contributed by atoms with Gasteiger partial charge in [0.05, 0.1) is 6.54 Å². The number of halogens is 2. The first-order valence-corrected chi connectivity index (χ1v) is 4.00. The minimum Gasteiger partial charge on any atom is -0.364 e. The van der Waals surface area contributed by atoms with Crippen molar-refractivity contribution in [3.8, 4) is 0 Å². The van der Waals surface area contributed by atoms with Crippen LogP contribution < -0.4 is 5.32 Å². The first-order valence-electron chi connectivity index (χ1n) is 3.25. The molecule has 0 saturated heterocycles. The monoisotopic (exact) mass is 203 g/mol. The Morgan fingerprint density at radius 3 is 2.75 bits per heavy atom. The smallest absolute Gasteiger partial charge is 0.151 e. The van der Waals surface area contributed by atoms with E-state index in [1.807, 2.05) is 0 Å². The second-order valence-corrected chi connectivity index (χ2v) is 3.03. The van der Waals surface area contributed by atoms with Gasteiger partial charge >= 0.3 is 0 Å². The van der Waals surface area contributed by atoms with Crippen LogP contribution in [0.15, 0.2) is 23.7 Å². The van der Waals surface area contributed by atoms with E-state index in [9.17, 15) is 0 Å². The Morgan fingerprint density at radius 2 is 2.25 bits per heavy atom. The largest absolute Gasteiger partial charge is 0.364 e. The summed E-state index contributed by atoms with van der Waals surface area (Å²) in [6.07, 6.45) is 0. The number of rotatable bonds is 3. The Bertz CT molecular complexity index is 270. The van der Waals surface area contributed by atoms with Crippen molar-refractivity contribution in [2.45, 2.75) is 0 Å². The molecule has 0 aliphatic carbocycles. The molecule has 0 fully saturated rings. The lowest BCUT2D eigenvalue weighted by atomic mass is 10.5. The molecule has 0 bridgehead atoms. The lowest BCUT2D eigenvalue weighted by molar-refractivity contribution is 1.02. The fourth-order valence-corrected chi connectivity index (χ4v) is 0.764. The average Bonchev–Trinajstić information content (AvgIpc) is 2.03. The van der Waals surface area contributed by atoms with Gasteiger partial charge in [0.15, 0.2) is 5.15 Å². The molecule has 0 atom stereocenters. The molecule has 1 N–H and O–H groups in total. The fraction of sp³-hybridized carbons (Fsp3) is 0.143. The molecule has 0 unspecified atom stereocenters. The third kappa shape index (κ3) is 3.07. The van der Waals surface area contributed by atoms with E-state index < -0.39 is 0 Å². The van der Waals surface area contributed by atoms with Gasteiger partial charge in [0.2, 0.25) is 0 Å². The molecule has 3 nitrogen and oxygen atoms in total. The molecule has 0 amide bonds. The predicted molar refractivity (Wildman–Crippen MR) is 50.5 cm³/mol. The first-order chi connectivity index (χ1) is 5.68. The maximum absolute atomic E-state index is 5.53. The van der Waals surface area contributed by atoms with Crippen LogP contribution >= 0.6 is 23.2 Å². The van der Waals surface area contributed by atoms with E-state index in [4.69, 9.17) is 23.2 Å². The van der Waals surface area contributed by atoms with Gasteiger partial charge in [-0.05, 0) is 12.1 Å². The van der Waals surface area contributed by atoms with Crippen LogP contribution in [0.1, 0.15) is 0 Å². The van der Waals surface area contributed by atoms with Crippen molar-refractivity contribution in [2.75, 3.05) is 11.9 Å². The van der Waals surface area contributed by atoms with Gasteiger partial charge in [-0.1, -0.05) is 29.8 Å². The molecule has 0 saturated carbocycles. The summed E-state index contributed by atoms with van der Waals surface area (Å²) >= 11 is 11.1. The normalized spacial score (nSPS) is 9.50. The minimum atomic E-state index is 0.366. The number of hydrogen-bond donors (Lipinski definition) is 1. The third-order valence-electron chi connectivity index (χ3n) is 1.09. The number of hydrogen-bond acceptors (Lipinski definition) is 3. The van der Waals surface area contributed by atoms with E-state index in [-0.39, 0.29) is 0 Å². The molecule has 1 aromatic heterocycles. The highest BCUT2D eigenvalue weighted by Crippen LogP contribution is 2.06. The lowest BCUT2D eigenvalue weighted by Gasteiger charge is -2.01. The highest BCUT2D eigenvalue weighted by Gasteiger charge is 1.94. The molecular weight excluding hydrogens is 197 g/mol. The van der Waals surface area contributed by atoms with E-state index in [0.717, 1.165) is 0 Å². The Hall–Kier alpha value is -0.800. The van der Waals surface area contributed by atoms with E-state index in [2.05, 4.69) is 22.1 Å². The number of nitrogens with one attached hydrogen (secondary N) is 1. The number of nitrogens with zero attached hydrogens (tertiary/aromatic N) is 2. The molecule has 0 radical (unpaired) electrons. The molecule has 0 aliphatic heterocycles. The second kappa shape index (κ2) is 4.28. The lowest BCUT2D eigenvalue weighted by Crippen LogP contribution is -2.03. The molecule has 1 aromatic rings. The molecule has 1 rings (SSSR count). The first kappa shape index (κ1) is 9.29. The van der Waals surface area contributed by atoms with Crippen LogP contribution in [0.3, 0.4) is 0 Å². The molecule has 0 spiro atoms. The second-order valence-electron chi connectivity index (χ2n) is 2.11. The summed E-state index contributed by atoms with van der Waals surface area (Å²) in [6.45, 7) is 3.99. The zero-order valence-corrected chi connectivity index (χ0v) is 7.73. The number of anilines is 1. The van der Waals surface area contributed by atoms with Crippen LogP contribution in [-0.4, -0.2) is 16.7 Å². The average molecular weight is 204 g/mol. The quantitative estimate of drug-likeness (QED) is 0.820. The van der Waals surface area contributed by atoms with Crippen LogP contribution in [0.2, 0.25) is 5.15 Å². The summed E-state index contributed by atoms with van der Waals surface area (Å²) in [5.41, 5.74) is 0. The van der Waals surface area contributed by atoms with Gasteiger partial charge in [-0.2, -0.15) is 0 Å². The maximum Gasteiger partial charge on any atom is 0.151 e. The summed E-state index contributed by atoms with van der Waals surface area (Å²) in [5.74, 6) is 0.626. The molecule has 1 heterocycles. The summed E-state index contributed by atoms with van der Waals surface area (Å²) in [7, 11) is 0. The van der Waals surface area contributed by atoms with E-state index >= 15 is 0 Å². The Balaban J connectivity index is 2.53. The minimum absolute atomic E-state index is 0.366. The molecule has 5 heteroatoms. The molecular formula is C7H7Cl2N3. The zero-order valence-electron chi connectivity index (χ0n) is 6.22. The van der Waals surface area contributed by atoms with Gasteiger partial charge in [0.1, 0.15) is 5.82 Å². The van der Waals surface area contributed by atoms with Crippen molar-refractivity contribution in [1.29, 1.82) is 0 Å². The third-order valence-corrected chi connectivity index (χ3v) is 1.43. The Labute approximate surface area is 80.4 Å². The molecule has 12 heavy (non-hydrogen) atoms. The van der Waals surface area contributed by atoms with Crippen molar-refractivity contribution in [1.82, 2.24) is 10.2 Å². The van der Waals surface area contributed by atoms with Crippen LogP contribution in [-0.2, 0) is 0 Å². The summed E-state index contributed by atoms with van der Waals surface area (Å²) in [4.78, 5) is 0. The van der Waals surface area contributed by atoms with Crippen molar-refractivity contribution in [3.63, 3.8) is 0 Å². The fourth-order valence-electron chi connectivity index (χ4n) is 0.597. The summed E-state index contributed by atoms with van der Waals surface area (Å²) in [5, 5.41) is 11.2. The van der Waals surface area contributed by atoms with Crippen molar-refractivity contribution in [2.24, 2.45) is 0 Å². The number of aromatic nitrogens is 2. The zero-order chi connectivity index (χ0) is 8.97. The molecule has 64 valence electrons. The van der Waals surface area contributed by atoms with Crippen molar-refractivity contribution in [3.05, 3.63) is 28.9 Å². The molecule has 0 aliphatic rings. The van der Waals surface area contributed by atoms with Crippen LogP contribution in [0, 0.1) is 0 Å². The summed E-state index contributed by atoms with van der Waals surface area (Å²) in [6, 6.07) is 3.36. The van der Waals surface area contributed by atoms with Crippen LogP contribution in [0.5, 0.6) is 0 Å². The van der Waals surface area contributed by atoms with Crippen LogP contribution in [0.25, 0.3) is 0 Å². The van der Waals surface area contributed by atoms with E-state index in [0.29, 0.717) is 22.5 Å². The predicted octanol–water partition coefficient (Wildman–Crippen LogP) is 2.29. The van der Waals surface area contributed by atoms with E-state index in [1.165, 1.54) is 0 Å². The van der Waals surface area contributed by atoms with Crippen LogP contribution in [0.4, 0.5) is 5.82 Å². The maximum atomic E-state index is 5.53. The highest BCUT2D eigenvalue weighted by molar-refractivity contribution is 6.29.